The molecule has 0 radical (unpaired) electrons. The van der Waals surface area contributed by atoms with Gasteiger partial charge in [0.15, 0.2) is 0 Å². The van der Waals surface area contributed by atoms with Crippen LogP contribution < -0.4 is 0 Å². The van der Waals surface area contributed by atoms with E-state index in [1.165, 1.54) is 31.3 Å². The van der Waals surface area contributed by atoms with Gasteiger partial charge in [0.2, 0.25) is 0 Å². The van der Waals surface area contributed by atoms with Gasteiger partial charge in [0, 0.05) is 6.42 Å². The fourth-order valence-electron chi connectivity index (χ4n) is 1.49. The lowest BCUT2D eigenvalue weighted by Crippen LogP contribution is -1.95. The van der Waals surface area contributed by atoms with E-state index in [2.05, 4.69) is 45.6 Å². The standard InChI is InChI=1S/C14H24/c1-5-8-10-13(4)12-14(7-3)11-9-6-2/h12,14H,5-7,9,11H2,1-4H3/b13-12+. The predicted molar refractivity (Wildman–Crippen MR) is 65.1 cm³/mol. The summed E-state index contributed by atoms with van der Waals surface area (Å²) >= 11 is 0. The third kappa shape index (κ3) is 6.78. The maximum absolute atomic E-state index is 3.18. The molecule has 0 rings (SSSR count). The molecule has 0 nitrogen and oxygen atoms in total. The van der Waals surface area contributed by atoms with Crippen molar-refractivity contribution in [2.45, 2.75) is 59.8 Å². The van der Waals surface area contributed by atoms with Gasteiger partial charge in [-0.2, -0.15) is 0 Å². The van der Waals surface area contributed by atoms with Gasteiger partial charge in [0.05, 0.1) is 0 Å². The molecule has 14 heavy (non-hydrogen) atoms. The Labute approximate surface area is 89.8 Å². The Hall–Kier alpha value is -0.700. The van der Waals surface area contributed by atoms with Crippen LogP contribution in [0.15, 0.2) is 11.6 Å². The van der Waals surface area contributed by atoms with E-state index >= 15 is 0 Å². The Morgan fingerprint density at radius 1 is 1.29 bits per heavy atom. The zero-order valence-corrected chi connectivity index (χ0v) is 10.2. The molecule has 0 saturated heterocycles. The minimum atomic E-state index is 0.737. The first kappa shape index (κ1) is 13.3. The molecule has 0 saturated carbocycles. The molecule has 0 aliphatic carbocycles. The number of unbranched alkanes of at least 4 members (excludes halogenated alkanes) is 1. The highest BCUT2D eigenvalue weighted by atomic mass is 14.1. The second kappa shape index (κ2) is 8.88. The van der Waals surface area contributed by atoms with Crippen LogP contribution in [0.1, 0.15) is 59.8 Å². The predicted octanol–water partition coefficient (Wildman–Crippen LogP) is 4.56. The van der Waals surface area contributed by atoms with E-state index in [0.29, 0.717) is 0 Å². The Morgan fingerprint density at radius 2 is 2.00 bits per heavy atom. The number of hydrogen-bond acceptors (Lipinski definition) is 0. The molecule has 0 amide bonds. The summed E-state index contributed by atoms with van der Waals surface area (Å²) in [6.45, 7) is 8.73. The van der Waals surface area contributed by atoms with Crippen molar-refractivity contribution in [2.24, 2.45) is 5.92 Å². The Balaban J connectivity index is 4.11. The lowest BCUT2D eigenvalue weighted by molar-refractivity contribution is 0.538. The van der Waals surface area contributed by atoms with Crippen LogP contribution in [0.2, 0.25) is 0 Å². The third-order valence-corrected chi connectivity index (χ3v) is 2.40. The van der Waals surface area contributed by atoms with Crippen LogP contribution in [0, 0.1) is 17.8 Å². The highest BCUT2D eigenvalue weighted by molar-refractivity contribution is 5.26. The fourth-order valence-corrected chi connectivity index (χ4v) is 1.49. The van der Waals surface area contributed by atoms with Gasteiger partial charge in [-0.1, -0.05) is 51.5 Å². The first-order valence-corrected chi connectivity index (χ1v) is 5.91. The summed E-state index contributed by atoms with van der Waals surface area (Å²) in [6, 6.07) is 0. The van der Waals surface area contributed by atoms with E-state index in [4.69, 9.17) is 0 Å². The second-order valence-electron chi connectivity index (χ2n) is 3.82. The van der Waals surface area contributed by atoms with E-state index in [1.807, 2.05) is 0 Å². The van der Waals surface area contributed by atoms with Crippen LogP contribution in [0.4, 0.5) is 0 Å². The van der Waals surface area contributed by atoms with Gasteiger partial charge >= 0.3 is 0 Å². The number of allylic oxidation sites excluding steroid dienone is 2. The summed E-state index contributed by atoms with van der Waals surface area (Å²) in [5.41, 5.74) is 1.25. The van der Waals surface area contributed by atoms with Crippen molar-refractivity contribution < 1.29 is 0 Å². The van der Waals surface area contributed by atoms with Crippen LogP contribution in [0.3, 0.4) is 0 Å². The van der Waals surface area contributed by atoms with E-state index in [-0.39, 0.29) is 0 Å². The highest BCUT2D eigenvalue weighted by Gasteiger charge is 2.01. The van der Waals surface area contributed by atoms with Gasteiger partial charge in [-0.05, 0) is 31.3 Å². The normalized spacial score (nSPS) is 13.3. The molecule has 0 aromatic rings. The number of hydrogen-bond donors (Lipinski definition) is 0. The number of rotatable bonds is 5. The van der Waals surface area contributed by atoms with Gasteiger partial charge in [-0.25, -0.2) is 0 Å². The minimum Gasteiger partial charge on any atom is -0.0985 e. The molecule has 80 valence electrons. The van der Waals surface area contributed by atoms with Crippen LogP contribution in [0.25, 0.3) is 0 Å². The molecule has 0 spiro atoms. The molecule has 1 unspecified atom stereocenters. The van der Waals surface area contributed by atoms with Gasteiger partial charge in [-0.3, -0.25) is 0 Å². The van der Waals surface area contributed by atoms with Gasteiger partial charge in [-0.15, -0.1) is 0 Å². The summed E-state index contributed by atoms with van der Waals surface area (Å²) in [5.74, 6) is 7.04. The summed E-state index contributed by atoms with van der Waals surface area (Å²) in [4.78, 5) is 0. The van der Waals surface area contributed by atoms with Crippen LogP contribution in [-0.4, -0.2) is 0 Å². The summed E-state index contributed by atoms with van der Waals surface area (Å²) in [7, 11) is 0. The lowest BCUT2D eigenvalue weighted by Gasteiger charge is -2.08. The van der Waals surface area contributed by atoms with Crippen molar-refractivity contribution in [1.82, 2.24) is 0 Å². The molecular weight excluding hydrogens is 168 g/mol. The Kier molecular flexibility index (Phi) is 8.43. The van der Waals surface area contributed by atoms with Crippen molar-refractivity contribution in [2.75, 3.05) is 0 Å². The van der Waals surface area contributed by atoms with Crippen molar-refractivity contribution in [3.8, 4) is 11.8 Å². The summed E-state index contributed by atoms with van der Waals surface area (Å²) in [5, 5.41) is 0. The Morgan fingerprint density at radius 3 is 2.50 bits per heavy atom. The molecule has 0 fully saturated rings. The van der Waals surface area contributed by atoms with E-state index in [0.717, 1.165) is 12.3 Å². The zero-order valence-electron chi connectivity index (χ0n) is 10.2. The molecule has 0 aliphatic heterocycles. The molecule has 0 aromatic carbocycles. The highest BCUT2D eigenvalue weighted by Crippen LogP contribution is 2.15. The molecule has 0 bridgehead atoms. The van der Waals surface area contributed by atoms with Gasteiger partial charge in [0.1, 0.15) is 0 Å². The van der Waals surface area contributed by atoms with E-state index in [9.17, 15) is 0 Å². The summed E-state index contributed by atoms with van der Waals surface area (Å²) in [6.07, 6.45) is 8.49. The molecule has 0 N–H and O–H groups in total. The first-order valence-electron chi connectivity index (χ1n) is 5.91. The summed E-state index contributed by atoms with van der Waals surface area (Å²) < 4.78 is 0. The van der Waals surface area contributed by atoms with E-state index < -0.39 is 0 Å². The molecule has 0 aliphatic rings. The lowest BCUT2D eigenvalue weighted by atomic mass is 9.97. The largest absolute Gasteiger partial charge is 0.0985 e. The Bertz CT molecular complexity index is 212. The molecule has 0 heterocycles. The topological polar surface area (TPSA) is 0 Å². The van der Waals surface area contributed by atoms with Crippen molar-refractivity contribution in [3.63, 3.8) is 0 Å². The molecule has 0 aromatic heterocycles. The van der Waals surface area contributed by atoms with Gasteiger partial charge in [0.25, 0.3) is 0 Å². The smallest absolute Gasteiger partial charge is 0.00638 e. The van der Waals surface area contributed by atoms with Crippen molar-refractivity contribution in [1.29, 1.82) is 0 Å². The van der Waals surface area contributed by atoms with Crippen LogP contribution >= 0.6 is 0 Å². The maximum Gasteiger partial charge on any atom is 0.00638 e. The zero-order chi connectivity index (χ0) is 10.8. The quantitative estimate of drug-likeness (QED) is 0.560. The SMILES string of the molecule is CCC#C/C(C)=C/C(CC)CCCC. The monoisotopic (exact) mass is 192 g/mol. The molecule has 0 heteroatoms. The molecule has 1 atom stereocenters. The average molecular weight is 192 g/mol. The molecular formula is C14H24. The first-order chi connectivity index (χ1) is 6.74. The fraction of sp³-hybridized carbons (Fsp3) is 0.714. The van der Waals surface area contributed by atoms with Gasteiger partial charge < -0.3 is 0 Å². The van der Waals surface area contributed by atoms with Crippen molar-refractivity contribution in [3.05, 3.63) is 11.6 Å². The van der Waals surface area contributed by atoms with Crippen LogP contribution in [0.5, 0.6) is 0 Å². The third-order valence-electron chi connectivity index (χ3n) is 2.40. The second-order valence-corrected chi connectivity index (χ2v) is 3.82. The van der Waals surface area contributed by atoms with Crippen LogP contribution in [-0.2, 0) is 0 Å². The minimum absolute atomic E-state index is 0.737. The maximum atomic E-state index is 3.18. The van der Waals surface area contributed by atoms with E-state index in [1.54, 1.807) is 0 Å². The average Bonchev–Trinajstić information content (AvgIpc) is 2.21. The van der Waals surface area contributed by atoms with Crippen molar-refractivity contribution >= 4 is 0 Å².